The van der Waals surface area contributed by atoms with Gasteiger partial charge >= 0.3 is 6.09 Å². The first-order valence-electron chi connectivity index (χ1n) is 13.4. The Balaban J connectivity index is 1.91. The smallest absolute Gasteiger partial charge is 0.408 e. The largest absolute Gasteiger partial charge is 0.508 e. The van der Waals surface area contributed by atoms with Gasteiger partial charge < -0.3 is 25.4 Å². The molecule has 0 spiro atoms. The molecule has 8 nitrogen and oxygen atoms in total. The molecule has 0 heterocycles. The monoisotopic (exact) mass is 545 g/mol. The van der Waals surface area contributed by atoms with E-state index in [1.807, 2.05) is 61.5 Å². The summed E-state index contributed by atoms with van der Waals surface area (Å²) in [4.78, 5) is 41.6. The lowest BCUT2D eigenvalue weighted by atomic mass is 9.99. The number of hydrogen-bond acceptors (Lipinski definition) is 5. The predicted molar refractivity (Wildman–Crippen MR) is 155 cm³/mol. The summed E-state index contributed by atoms with van der Waals surface area (Å²) in [5.41, 5.74) is 2.65. The SMILES string of the molecule is CCc1ccc(C(C(=O)NCc2ccccc2)N(C)C(=O)C(Cc2ccc(O)cc2)NC(=O)OC(C)(C)C)cc1. The maximum Gasteiger partial charge on any atom is 0.408 e. The molecule has 2 atom stereocenters. The third kappa shape index (κ3) is 8.86. The molecule has 3 aromatic rings. The number of phenols is 1. The molecule has 212 valence electrons. The highest BCUT2D eigenvalue weighted by Gasteiger charge is 2.34. The van der Waals surface area contributed by atoms with Crippen molar-refractivity contribution in [1.29, 1.82) is 0 Å². The summed E-state index contributed by atoms with van der Waals surface area (Å²) in [5.74, 6) is -0.711. The average Bonchev–Trinajstić information content (AvgIpc) is 2.92. The van der Waals surface area contributed by atoms with E-state index in [0.29, 0.717) is 12.1 Å². The number of aromatic hydroxyl groups is 1. The highest BCUT2D eigenvalue weighted by molar-refractivity contribution is 5.92. The van der Waals surface area contributed by atoms with Gasteiger partial charge in [0.1, 0.15) is 23.4 Å². The Hall–Kier alpha value is -4.33. The van der Waals surface area contributed by atoms with Gasteiger partial charge in [0.25, 0.3) is 0 Å². The van der Waals surface area contributed by atoms with Crippen LogP contribution in [0.5, 0.6) is 5.75 Å². The molecule has 0 aliphatic heterocycles. The third-order valence-electron chi connectivity index (χ3n) is 6.36. The zero-order valence-corrected chi connectivity index (χ0v) is 23.8. The quantitative estimate of drug-likeness (QED) is 0.336. The second-order valence-electron chi connectivity index (χ2n) is 10.7. The van der Waals surface area contributed by atoms with E-state index in [1.165, 1.54) is 17.0 Å². The van der Waals surface area contributed by atoms with Gasteiger partial charge in [-0.2, -0.15) is 0 Å². The molecule has 0 aromatic heterocycles. The topological polar surface area (TPSA) is 108 Å². The van der Waals surface area contributed by atoms with Crippen LogP contribution in [0.1, 0.15) is 56.0 Å². The van der Waals surface area contributed by atoms with Gasteiger partial charge in [0.15, 0.2) is 0 Å². The van der Waals surface area contributed by atoms with Crippen LogP contribution in [0.15, 0.2) is 78.9 Å². The van der Waals surface area contributed by atoms with E-state index in [0.717, 1.165) is 23.1 Å². The summed E-state index contributed by atoms with van der Waals surface area (Å²) < 4.78 is 5.42. The molecule has 3 aromatic carbocycles. The van der Waals surface area contributed by atoms with Crippen molar-refractivity contribution < 1.29 is 24.2 Å². The number of carbonyl (C=O) groups is 3. The van der Waals surface area contributed by atoms with Crippen LogP contribution < -0.4 is 10.6 Å². The summed E-state index contributed by atoms with van der Waals surface area (Å²) >= 11 is 0. The van der Waals surface area contributed by atoms with Gasteiger partial charge in [-0.15, -0.1) is 0 Å². The molecule has 0 aliphatic rings. The summed E-state index contributed by atoms with van der Waals surface area (Å²) in [6, 6.07) is 21.6. The van der Waals surface area contributed by atoms with Crippen LogP contribution in [0.4, 0.5) is 4.79 Å². The van der Waals surface area contributed by atoms with Gasteiger partial charge in [-0.05, 0) is 61.6 Å². The van der Waals surface area contributed by atoms with Crippen molar-refractivity contribution in [1.82, 2.24) is 15.5 Å². The van der Waals surface area contributed by atoms with E-state index in [-0.39, 0.29) is 18.1 Å². The molecule has 0 saturated heterocycles. The highest BCUT2D eigenvalue weighted by Crippen LogP contribution is 2.23. The Labute approximate surface area is 236 Å². The van der Waals surface area contributed by atoms with Gasteiger partial charge in [0.05, 0.1) is 0 Å². The molecule has 0 bridgehead atoms. The van der Waals surface area contributed by atoms with Gasteiger partial charge in [-0.3, -0.25) is 9.59 Å². The minimum absolute atomic E-state index is 0.0922. The van der Waals surface area contributed by atoms with E-state index in [1.54, 1.807) is 40.0 Å². The number of aryl methyl sites for hydroxylation is 1. The zero-order valence-electron chi connectivity index (χ0n) is 23.8. The number of nitrogens with one attached hydrogen (secondary N) is 2. The van der Waals surface area contributed by atoms with Gasteiger partial charge in [0, 0.05) is 20.0 Å². The van der Waals surface area contributed by atoms with Crippen LogP contribution in [0, 0.1) is 0 Å². The molecule has 3 amide bonds. The normalized spacial score (nSPS) is 12.6. The number of phenolic OH excluding ortho intramolecular Hbond substituents is 1. The molecular weight excluding hydrogens is 506 g/mol. The van der Waals surface area contributed by atoms with Crippen molar-refractivity contribution in [2.24, 2.45) is 0 Å². The number of likely N-dealkylation sites (N-methyl/N-ethyl adjacent to an activating group) is 1. The number of alkyl carbamates (subject to hydrolysis) is 1. The lowest BCUT2D eigenvalue weighted by Gasteiger charge is -2.32. The number of amides is 3. The number of benzene rings is 3. The Morgan fingerprint density at radius 3 is 2.05 bits per heavy atom. The second-order valence-corrected chi connectivity index (χ2v) is 10.7. The van der Waals surface area contributed by atoms with Gasteiger partial charge in [-0.1, -0.05) is 73.7 Å². The third-order valence-corrected chi connectivity index (χ3v) is 6.36. The maximum absolute atomic E-state index is 14.0. The number of carbonyl (C=O) groups excluding carboxylic acids is 3. The van der Waals surface area contributed by atoms with Crippen molar-refractivity contribution in [3.8, 4) is 5.75 Å². The van der Waals surface area contributed by atoms with E-state index >= 15 is 0 Å². The summed E-state index contributed by atoms with van der Waals surface area (Å²) in [6.45, 7) is 7.57. The standard InChI is InChI=1S/C32H39N3O5/c1-6-22-12-16-25(17-13-22)28(29(37)33-21-24-10-8-7-9-11-24)35(5)30(38)27(34-31(39)40-32(2,3)4)20-23-14-18-26(36)19-15-23/h7-19,27-28,36H,6,20-21H2,1-5H3,(H,33,37)(H,34,39). The van der Waals surface area contributed by atoms with Gasteiger partial charge in [0.2, 0.25) is 11.8 Å². The van der Waals surface area contributed by atoms with Crippen LogP contribution in [-0.2, 0) is 33.7 Å². The Kier molecular flexibility index (Phi) is 10.3. The first-order valence-corrected chi connectivity index (χ1v) is 13.4. The Morgan fingerprint density at radius 2 is 1.48 bits per heavy atom. The summed E-state index contributed by atoms with van der Waals surface area (Å²) in [6.07, 6.45) is 0.236. The molecule has 3 rings (SSSR count). The zero-order chi connectivity index (χ0) is 29.3. The number of ether oxygens (including phenoxy) is 1. The minimum atomic E-state index is -1.02. The summed E-state index contributed by atoms with van der Waals surface area (Å²) in [7, 11) is 1.56. The molecule has 0 aliphatic carbocycles. The van der Waals surface area contributed by atoms with Gasteiger partial charge in [-0.25, -0.2) is 4.79 Å². The molecule has 3 N–H and O–H groups in total. The van der Waals surface area contributed by atoms with Crippen molar-refractivity contribution in [3.63, 3.8) is 0 Å². The lowest BCUT2D eigenvalue weighted by Crippen LogP contribution is -2.52. The van der Waals surface area contributed by atoms with E-state index < -0.39 is 29.7 Å². The maximum atomic E-state index is 14.0. The van der Waals surface area contributed by atoms with Crippen LogP contribution in [-0.4, -0.2) is 46.6 Å². The van der Waals surface area contributed by atoms with E-state index in [9.17, 15) is 19.5 Å². The molecule has 0 radical (unpaired) electrons. The van der Waals surface area contributed by atoms with E-state index in [2.05, 4.69) is 10.6 Å². The second kappa shape index (κ2) is 13.6. The molecule has 8 heteroatoms. The molecule has 2 unspecified atom stereocenters. The van der Waals surface area contributed by atoms with Crippen molar-refractivity contribution in [2.75, 3.05) is 7.05 Å². The fourth-order valence-electron chi connectivity index (χ4n) is 4.26. The first-order chi connectivity index (χ1) is 19.0. The van der Waals surface area contributed by atoms with Crippen LogP contribution in [0.25, 0.3) is 0 Å². The van der Waals surface area contributed by atoms with Crippen molar-refractivity contribution in [3.05, 3.63) is 101 Å². The molecule has 40 heavy (non-hydrogen) atoms. The Morgan fingerprint density at radius 1 is 0.875 bits per heavy atom. The van der Waals surface area contributed by atoms with E-state index in [4.69, 9.17) is 4.74 Å². The minimum Gasteiger partial charge on any atom is -0.508 e. The molecule has 0 fully saturated rings. The average molecular weight is 546 g/mol. The molecule has 0 saturated carbocycles. The Bertz CT molecular complexity index is 1270. The van der Waals surface area contributed by atoms with Crippen LogP contribution >= 0.6 is 0 Å². The van der Waals surface area contributed by atoms with Crippen molar-refractivity contribution >= 4 is 17.9 Å². The molecular formula is C32H39N3O5. The van der Waals surface area contributed by atoms with Crippen LogP contribution in [0.3, 0.4) is 0 Å². The number of nitrogens with zero attached hydrogens (tertiary/aromatic N) is 1. The fraction of sp³-hybridized carbons (Fsp3) is 0.344. The van der Waals surface area contributed by atoms with Crippen LogP contribution in [0.2, 0.25) is 0 Å². The number of rotatable bonds is 10. The van der Waals surface area contributed by atoms with Crippen molar-refractivity contribution in [2.45, 2.75) is 64.8 Å². The lowest BCUT2D eigenvalue weighted by molar-refractivity contribution is -0.140. The predicted octanol–water partition coefficient (Wildman–Crippen LogP) is 4.91. The number of hydrogen-bond donors (Lipinski definition) is 3. The first kappa shape index (κ1) is 30.2. The highest BCUT2D eigenvalue weighted by atomic mass is 16.6. The fourth-order valence-corrected chi connectivity index (χ4v) is 4.26. The summed E-state index contributed by atoms with van der Waals surface area (Å²) in [5, 5.41) is 15.3.